The Hall–Kier alpha value is 0.307. The lowest BCUT2D eigenvalue weighted by Crippen LogP contribution is -2.38. The zero-order valence-electron chi connectivity index (χ0n) is 7.50. The molecule has 62 valence electrons. The lowest BCUT2D eigenvalue weighted by molar-refractivity contribution is 0.714. The molecule has 0 aromatic rings. The predicted octanol–water partition coefficient (Wildman–Crippen LogP) is 2.92. The molecule has 0 N–H and O–H groups in total. The van der Waals surface area contributed by atoms with Crippen LogP contribution in [0.5, 0.6) is 0 Å². The van der Waals surface area contributed by atoms with E-state index in [1.54, 1.807) is 0 Å². The summed E-state index contributed by atoms with van der Waals surface area (Å²) in [5, 5.41) is 0.886. The highest BCUT2D eigenvalue weighted by Crippen LogP contribution is 2.48. The quantitative estimate of drug-likeness (QED) is 0.446. The van der Waals surface area contributed by atoms with Crippen LogP contribution >= 0.6 is 11.8 Å². The van der Waals surface area contributed by atoms with Crippen molar-refractivity contribution >= 4 is 19.8 Å². The number of hydrogen-bond acceptors (Lipinski definition) is 1. The molecule has 0 nitrogen and oxygen atoms in total. The van der Waals surface area contributed by atoms with Gasteiger partial charge in [-0.15, -0.1) is 0 Å². The van der Waals surface area contributed by atoms with Crippen molar-refractivity contribution < 1.29 is 0 Å². The number of thioether (sulfide) groups is 1. The van der Waals surface area contributed by atoms with E-state index < -0.39 is 8.07 Å². The molecular weight excluding hydrogens is 168 g/mol. The molecule has 1 saturated heterocycles. The van der Waals surface area contributed by atoms with Gasteiger partial charge in [0.1, 0.15) is 0 Å². The molecule has 1 fully saturated rings. The zero-order valence-corrected chi connectivity index (χ0v) is 9.32. The third-order valence-corrected chi connectivity index (χ3v) is 8.65. The summed E-state index contributed by atoms with van der Waals surface area (Å²) in [5.74, 6) is 0.941. The van der Waals surface area contributed by atoms with Crippen molar-refractivity contribution in [2.75, 3.05) is 0 Å². The van der Waals surface area contributed by atoms with E-state index in [9.17, 15) is 0 Å². The average Bonchev–Trinajstić information content (AvgIpc) is 2.42. The Labute approximate surface area is 74.5 Å². The van der Waals surface area contributed by atoms with Crippen LogP contribution < -0.4 is 0 Å². The molecule has 2 bridgehead atoms. The number of allylic oxidation sites excluding steroid dienone is 1. The van der Waals surface area contributed by atoms with Gasteiger partial charge in [-0.3, -0.25) is 0 Å². The second kappa shape index (κ2) is 2.40. The lowest BCUT2D eigenvalue weighted by Gasteiger charge is -2.29. The van der Waals surface area contributed by atoms with Crippen LogP contribution in [0.1, 0.15) is 6.42 Å². The molecule has 2 rings (SSSR count). The van der Waals surface area contributed by atoms with Crippen LogP contribution in [0.2, 0.25) is 19.6 Å². The summed E-state index contributed by atoms with van der Waals surface area (Å²) in [6.07, 6.45) is 6.32. The molecule has 11 heavy (non-hydrogen) atoms. The van der Waals surface area contributed by atoms with E-state index in [0.717, 1.165) is 16.0 Å². The summed E-state index contributed by atoms with van der Waals surface area (Å²) in [5.41, 5.74) is 0. The van der Waals surface area contributed by atoms with Crippen molar-refractivity contribution in [3.63, 3.8) is 0 Å². The van der Waals surface area contributed by atoms with Crippen molar-refractivity contribution in [3.8, 4) is 0 Å². The SMILES string of the molecule is C[Si](C)(C)[C@H]1S[C@H]2C=C[C@@H]1C2. The minimum Gasteiger partial charge on any atom is -0.153 e. The Bertz CT molecular complexity index is 192. The fourth-order valence-corrected chi connectivity index (χ4v) is 7.14. The maximum absolute atomic E-state index is 2.50. The van der Waals surface area contributed by atoms with E-state index in [0.29, 0.717) is 0 Å². The van der Waals surface area contributed by atoms with E-state index in [-0.39, 0.29) is 0 Å². The van der Waals surface area contributed by atoms with Gasteiger partial charge in [-0.1, -0.05) is 31.8 Å². The Morgan fingerprint density at radius 3 is 2.27 bits per heavy atom. The van der Waals surface area contributed by atoms with Crippen LogP contribution in [0, 0.1) is 5.92 Å². The average molecular weight is 184 g/mol. The Kier molecular flexibility index (Phi) is 1.73. The van der Waals surface area contributed by atoms with Crippen LogP contribution in [-0.4, -0.2) is 18.2 Å². The molecule has 0 saturated carbocycles. The summed E-state index contributed by atoms with van der Waals surface area (Å²) in [7, 11) is -0.866. The summed E-state index contributed by atoms with van der Waals surface area (Å²) in [6, 6.07) is 0. The van der Waals surface area contributed by atoms with E-state index in [1.165, 1.54) is 6.42 Å². The standard InChI is InChI=1S/C9H16SSi/c1-11(2,3)9-7-4-5-8(6-7)10-9/h4-5,7-9H,6H2,1-3H3/t7-,8+,9-/m1/s1. The summed E-state index contributed by atoms with van der Waals surface area (Å²) >= 11 is 2.24. The van der Waals surface area contributed by atoms with Gasteiger partial charge in [0.05, 0.1) is 8.07 Å². The first-order chi connectivity index (χ1) is 5.07. The summed E-state index contributed by atoms with van der Waals surface area (Å²) < 4.78 is 0. The molecule has 0 aromatic carbocycles. The highest BCUT2D eigenvalue weighted by molar-refractivity contribution is 8.02. The van der Waals surface area contributed by atoms with Gasteiger partial charge >= 0.3 is 0 Å². The molecule has 2 aliphatic rings. The molecule has 0 spiro atoms. The molecule has 0 radical (unpaired) electrons. The van der Waals surface area contributed by atoms with Crippen molar-refractivity contribution in [2.45, 2.75) is 36.2 Å². The fraction of sp³-hybridized carbons (Fsp3) is 0.778. The first-order valence-electron chi connectivity index (χ1n) is 4.41. The first-order valence-corrected chi connectivity index (χ1v) is 8.93. The van der Waals surface area contributed by atoms with Crippen molar-refractivity contribution in [2.24, 2.45) is 5.92 Å². The molecule has 0 aromatic heterocycles. The maximum atomic E-state index is 2.50. The second-order valence-corrected chi connectivity index (χ2v) is 11.9. The Balaban J connectivity index is 2.15. The molecule has 2 heteroatoms. The minimum atomic E-state index is -0.866. The summed E-state index contributed by atoms with van der Waals surface area (Å²) in [6.45, 7) is 7.50. The van der Waals surface area contributed by atoms with Crippen LogP contribution in [0.15, 0.2) is 12.2 Å². The minimum absolute atomic E-state index is 0.866. The highest BCUT2D eigenvalue weighted by Gasteiger charge is 2.43. The van der Waals surface area contributed by atoms with Gasteiger partial charge < -0.3 is 0 Å². The molecule has 1 heterocycles. The third-order valence-electron chi connectivity index (χ3n) is 2.64. The fourth-order valence-electron chi connectivity index (χ4n) is 2.15. The van der Waals surface area contributed by atoms with Crippen molar-refractivity contribution in [1.29, 1.82) is 0 Å². The van der Waals surface area contributed by atoms with E-state index in [4.69, 9.17) is 0 Å². The predicted molar refractivity (Wildman–Crippen MR) is 55.8 cm³/mol. The van der Waals surface area contributed by atoms with Crippen LogP contribution in [0.25, 0.3) is 0 Å². The third kappa shape index (κ3) is 1.31. The number of rotatable bonds is 1. The van der Waals surface area contributed by atoms with Crippen LogP contribution in [-0.2, 0) is 0 Å². The van der Waals surface area contributed by atoms with Gasteiger partial charge in [0.15, 0.2) is 0 Å². The zero-order chi connectivity index (χ0) is 8.06. The van der Waals surface area contributed by atoms with Gasteiger partial charge in [0.25, 0.3) is 0 Å². The first kappa shape index (κ1) is 7.93. The smallest absolute Gasteiger partial charge is 0.0595 e. The maximum Gasteiger partial charge on any atom is 0.0595 e. The Morgan fingerprint density at radius 1 is 1.27 bits per heavy atom. The highest BCUT2D eigenvalue weighted by atomic mass is 32.2. The monoisotopic (exact) mass is 184 g/mol. The van der Waals surface area contributed by atoms with E-state index >= 15 is 0 Å². The van der Waals surface area contributed by atoms with E-state index in [2.05, 4.69) is 43.6 Å². The number of hydrogen-bond donors (Lipinski definition) is 0. The van der Waals surface area contributed by atoms with Gasteiger partial charge in [-0.05, 0) is 12.3 Å². The van der Waals surface area contributed by atoms with Crippen LogP contribution in [0.4, 0.5) is 0 Å². The van der Waals surface area contributed by atoms with Crippen LogP contribution in [0.3, 0.4) is 0 Å². The van der Waals surface area contributed by atoms with Crippen molar-refractivity contribution in [1.82, 2.24) is 0 Å². The molecule has 1 aliphatic heterocycles. The van der Waals surface area contributed by atoms with Crippen molar-refractivity contribution in [3.05, 3.63) is 12.2 Å². The molecule has 1 aliphatic carbocycles. The number of fused-ring (bicyclic) bond motifs is 2. The lowest BCUT2D eigenvalue weighted by atomic mass is 10.2. The largest absolute Gasteiger partial charge is 0.153 e. The topological polar surface area (TPSA) is 0 Å². The Morgan fingerprint density at radius 2 is 2.00 bits per heavy atom. The second-order valence-electron chi connectivity index (χ2n) is 4.75. The molecule has 3 atom stereocenters. The normalized spacial score (nSPS) is 41.9. The summed E-state index contributed by atoms with van der Waals surface area (Å²) in [4.78, 5) is 1.01. The molecular formula is C9H16SSi. The van der Waals surface area contributed by atoms with E-state index in [1.807, 2.05) is 0 Å². The van der Waals surface area contributed by atoms with Gasteiger partial charge in [-0.2, -0.15) is 11.8 Å². The molecule has 0 unspecified atom stereocenters. The van der Waals surface area contributed by atoms with Gasteiger partial charge in [-0.25, -0.2) is 0 Å². The van der Waals surface area contributed by atoms with Gasteiger partial charge in [0.2, 0.25) is 0 Å². The molecule has 0 amide bonds. The van der Waals surface area contributed by atoms with Gasteiger partial charge in [0, 0.05) is 10.1 Å².